The number of aromatic nitrogens is 4. The van der Waals surface area contributed by atoms with Crippen molar-refractivity contribution in [3.05, 3.63) is 188 Å². The lowest BCUT2D eigenvalue weighted by atomic mass is 10.0. The fraction of sp³-hybridized carbons (Fsp3) is 0.596. The van der Waals surface area contributed by atoms with E-state index in [4.69, 9.17) is 52.1 Å². The molecule has 4 N–H and O–H groups in total. The van der Waals surface area contributed by atoms with E-state index < -0.39 is 0 Å². The Labute approximate surface area is 778 Å². The molecule has 0 saturated carbocycles. The van der Waals surface area contributed by atoms with Crippen molar-refractivity contribution in [2.24, 2.45) is 0 Å². The molecule has 0 fully saturated rings. The summed E-state index contributed by atoms with van der Waals surface area (Å²) in [5, 5.41) is 3.58. The van der Waals surface area contributed by atoms with Gasteiger partial charge < -0.3 is 72.0 Å². The lowest BCUT2D eigenvalue weighted by Crippen LogP contribution is -2.19. The number of benzene rings is 4. The fourth-order valence-corrected chi connectivity index (χ4v) is 17.1. The molecule has 129 heavy (non-hydrogen) atoms. The maximum atomic E-state index is 7.13. The van der Waals surface area contributed by atoms with Crippen LogP contribution in [-0.4, -0.2) is 99.2 Å². The lowest BCUT2D eigenvalue weighted by molar-refractivity contribution is 0.134. The van der Waals surface area contributed by atoms with Crippen molar-refractivity contribution < 1.29 is 52.1 Å². The molecule has 4 aromatic heterocycles. The molecule has 1 aliphatic rings. The molecule has 0 radical (unpaired) electrons. The Kier molecular flexibility index (Phi) is 51.0. The van der Waals surface area contributed by atoms with Crippen LogP contribution in [0.15, 0.2) is 122 Å². The van der Waals surface area contributed by atoms with Crippen LogP contribution in [0.5, 0.6) is 57.5 Å². The van der Waals surface area contributed by atoms with Gasteiger partial charge in [-0.1, -0.05) is 305 Å². The van der Waals surface area contributed by atoms with E-state index in [0.717, 1.165) is 365 Å². The topological polar surface area (TPSA) is 165 Å². The van der Waals surface area contributed by atoms with Crippen LogP contribution in [0, 0.1) is 0 Å². The molecule has 712 valence electrons. The van der Waals surface area contributed by atoms with Gasteiger partial charge in [0.25, 0.3) is 0 Å². The predicted molar refractivity (Wildman–Crippen MR) is 538 cm³/mol. The van der Waals surface area contributed by atoms with E-state index in [2.05, 4.69) is 198 Å². The highest BCUT2D eigenvalue weighted by molar-refractivity contribution is 5.87. The van der Waals surface area contributed by atoms with E-state index in [1.165, 1.54) is 44.9 Å². The monoisotopic (exact) mass is 1770 g/mol. The van der Waals surface area contributed by atoms with E-state index >= 15 is 0 Å². The maximum absolute atomic E-state index is 7.13. The second-order valence-corrected chi connectivity index (χ2v) is 35.8. The Morgan fingerprint density at radius 3 is 0.674 bits per heavy atom. The van der Waals surface area contributed by atoms with Gasteiger partial charge in [0.15, 0.2) is 34.5 Å². The van der Waals surface area contributed by atoms with Crippen LogP contribution in [0.3, 0.4) is 0 Å². The molecular weight excluding hydrogens is 1600 g/mol. The van der Waals surface area contributed by atoms with Crippen LogP contribution in [0.2, 0.25) is 0 Å². The molecule has 15 heteroatoms. The third-order valence-electron chi connectivity index (χ3n) is 24.7. The SMILES string of the molecule is C=CCCOCCCCCCCCCCCCOc1ccc(C2=c3ccc([nH]3)=C(c3cc(OCCCCCC)c(OCCCCCC)c(OCCCCCC)c3)c3ccc([nH]3)C(c3cc(OCCCCCC)c(OCCCCCC)c(OCCCCCC)c3)=c3ccc([nH]3)=C(c3cc(OCCCCCC)c(OCCCCCC)c(OCCCCCC)c3)c3ccc2[nH]3)cc1. The summed E-state index contributed by atoms with van der Waals surface area (Å²) in [6.07, 6.45) is 53.6. The molecule has 5 heterocycles. The Hall–Kier alpha value is -8.82. The van der Waals surface area contributed by atoms with Crippen LogP contribution in [0.25, 0.3) is 22.3 Å². The van der Waals surface area contributed by atoms with Crippen LogP contribution in [0.4, 0.5) is 0 Å². The Morgan fingerprint density at radius 2 is 0.426 bits per heavy atom. The summed E-state index contributed by atoms with van der Waals surface area (Å²) >= 11 is 0. The molecular formula is C114H170N4O11. The highest BCUT2D eigenvalue weighted by Crippen LogP contribution is 2.46. The maximum Gasteiger partial charge on any atom is 0.203 e. The van der Waals surface area contributed by atoms with Gasteiger partial charge >= 0.3 is 0 Å². The Morgan fingerprint density at radius 1 is 0.209 bits per heavy atom. The number of H-pyrrole nitrogens is 4. The van der Waals surface area contributed by atoms with E-state index in [1.54, 1.807) is 0 Å². The number of fused-ring (bicyclic) bond motifs is 8. The van der Waals surface area contributed by atoms with Gasteiger partial charge in [-0.05, 0) is 196 Å². The normalized spacial score (nSPS) is 12.0. The largest absolute Gasteiger partial charge is 0.494 e. The van der Waals surface area contributed by atoms with Gasteiger partial charge in [-0.25, -0.2) is 0 Å². The van der Waals surface area contributed by atoms with Gasteiger partial charge in [0.05, 0.1) is 66.1 Å². The molecule has 0 unspecified atom stereocenters. The zero-order valence-electron chi connectivity index (χ0n) is 81.9. The van der Waals surface area contributed by atoms with E-state index in [1.807, 2.05) is 6.08 Å². The first-order valence-electron chi connectivity index (χ1n) is 52.1. The number of nitrogens with one attached hydrogen (secondary N) is 4. The average Bonchev–Trinajstić information content (AvgIpc) is 1.62. The lowest BCUT2D eigenvalue weighted by Gasteiger charge is -2.20. The molecule has 0 atom stereocenters. The van der Waals surface area contributed by atoms with Crippen LogP contribution >= 0.6 is 0 Å². The van der Waals surface area contributed by atoms with Crippen molar-refractivity contribution in [2.45, 2.75) is 364 Å². The molecule has 8 aromatic rings. The Balaban J connectivity index is 1.32. The minimum Gasteiger partial charge on any atom is -0.494 e. The molecule has 0 aliphatic carbocycles. The molecule has 0 saturated heterocycles. The predicted octanol–water partition coefficient (Wildman–Crippen LogP) is 28.8. The summed E-state index contributed by atoms with van der Waals surface area (Å²) in [5.41, 5.74) is 11.1. The third kappa shape index (κ3) is 35.7. The molecule has 15 nitrogen and oxygen atoms in total. The van der Waals surface area contributed by atoms with Crippen molar-refractivity contribution in [3.8, 4) is 57.5 Å². The molecule has 0 amide bonds. The van der Waals surface area contributed by atoms with E-state index in [9.17, 15) is 0 Å². The van der Waals surface area contributed by atoms with Gasteiger partial charge in [-0.2, -0.15) is 0 Å². The first-order chi connectivity index (χ1) is 63.7. The number of unbranched alkanes of at least 4 members (excludes halogenated alkanes) is 36. The molecule has 8 bridgehead atoms. The zero-order chi connectivity index (χ0) is 90.8. The van der Waals surface area contributed by atoms with Crippen molar-refractivity contribution in [2.75, 3.05) is 79.3 Å². The first-order valence-corrected chi connectivity index (χ1v) is 52.1. The Bertz CT molecular complexity index is 4530. The highest BCUT2D eigenvalue weighted by Gasteiger charge is 2.27. The number of hydrogen-bond donors (Lipinski definition) is 4. The van der Waals surface area contributed by atoms with Crippen molar-refractivity contribution in [1.82, 2.24) is 19.9 Å². The summed E-state index contributed by atoms with van der Waals surface area (Å²) in [6.45, 7) is 31.4. The molecule has 0 spiro atoms. The van der Waals surface area contributed by atoms with E-state index in [0.29, 0.717) is 118 Å². The highest BCUT2D eigenvalue weighted by atomic mass is 16.6. The smallest absolute Gasteiger partial charge is 0.203 e. The van der Waals surface area contributed by atoms with E-state index in [-0.39, 0.29) is 0 Å². The van der Waals surface area contributed by atoms with Gasteiger partial charge in [0, 0.05) is 79.7 Å². The van der Waals surface area contributed by atoms with Crippen molar-refractivity contribution >= 4 is 22.3 Å². The average molecular weight is 1770 g/mol. The van der Waals surface area contributed by atoms with Crippen LogP contribution in [-0.2, 0) is 4.74 Å². The van der Waals surface area contributed by atoms with Gasteiger partial charge in [-0.15, -0.1) is 6.58 Å². The third-order valence-corrected chi connectivity index (χ3v) is 24.7. The number of aromatic amines is 4. The number of ether oxygens (including phenoxy) is 11. The van der Waals surface area contributed by atoms with Gasteiger partial charge in [0.1, 0.15) is 5.75 Å². The summed E-state index contributed by atoms with van der Waals surface area (Å²) in [6, 6.07) is 40.0. The number of hydrogen-bond acceptors (Lipinski definition) is 11. The quantitative estimate of drug-likeness (QED) is 0.0212. The zero-order valence-corrected chi connectivity index (χ0v) is 81.9. The minimum atomic E-state index is 0.539. The fourth-order valence-electron chi connectivity index (χ4n) is 17.1. The second kappa shape index (κ2) is 63.3. The van der Waals surface area contributed by atoms with Gasteiger partial charge in [-0.3, -0.25) is 0 Å². The van der Waals surface area contributed by atoms with Crippen LogP contribution < -0.4 is 68.8 Å². The van der Waals surface area contributed by atoms with Crippen LogP contribution in [0.1, 0.15) is 409 Å². The van der Waals surface area contributed by atoms with Crippen molar-refractivity contribution in [1.29, 1.82) is 0 Å². The number of rotatable bonds is 75. The summed E-state index contributed by atoms with van der Waals surface area (Å²) in [4.78, 5) is 16.7. The summed E-state index contributed by atoms with van der Waals surface area (Å²) in [5.74, 6) is 6.92. The van der Waals surface area contributed by atoms with Crippen molar-refractivity contribution in [3.63, 3.8) is 0 Å². The first kappa shape index (κ1) is 104. The molecule has 1 aliphatic heterocycles. The molecule has 9 rings (SSSR count). The van der Waals surface area contributed by atoms with Gasteiger partial charge in [0.2, 0.25) is 17.2 Å². The molecule has 4 aromatic carbocycles. The summed E-state index contributed by atoms with van der Waals surface area (Å²) in [7, 11) is 0. The minimum absolute atomic E-state index is 0.539. The summed E-state index contributed by atoms with van der Waals surface area (Å²) < 4.78 is 76.0. The standard InChI is InChI=1S/C114H170N4O11/c1-11-21-31-49-74-121-102-83-90(84-103(122-75-50-32-22-12-2)112(102)127-80-55-37-27-17-7)109-96-65-63-94(115-96)108(89-59-61-93(62-60-89)120-73-58-47-45-43-41-40-42-44-46-48-72-119-71-30-20-10)95-64-66-97(116-95)110(91-85-104(123-76-51-33-23-13-3)113(128-81-56-38-28-18-8)105(86-91)124-77-52-34-24-14-4)99-68-70-101(118-99)111(100-69-67-98(109)117-100)92-87-106(125-78-53-35-25-15-5)114(129-82-57-39-29-19-9)107(88-92)126-79-54-36-26-16-6/h20,59-70,83-88,115-118H,10-19,21-58,71-82H2,1-9H3. The second-order valence-electron chi connectivity index (χ2n) is 35.8.